The summed E-state index contributed by atoms with van der Waals surface area (Å²) in [6.07, 6.45) is -2.09. The number of alkyl halides is 3. The second-order valence-corrected chi connectivity index (χ2v) is 4.85. The van der Waals surface area contributed by atoms with Crippen molar-refractivity contribution in [2.75, 3.05) is 13.1 Å². The number of nitrogens with zero attached hydrogens (tertiary/aromatic N) is 2. The Hall–Kier alpha value is -2.12. The van der Waals surface area contributed by atoms with E-state index in [1.807, 2.05) is 0 Å². The molecule has 114 valence electrons. The van der Waals surface area contributed by atoms with Gasteiger partial charge in [-0.15, -0.1) is 0 Å². The van der Waals surface area contributed by atoms with Crippen molar-refractivity contribution < 1.29 is 27.9 Å². The van der Waals surface area contributed by atoms with Crippen molar-refractivity contribution in [3.05, 3.63) is 29.6 Å². The Labute approximate surface area is 118 Å². The molecular weight excluding hydrogens is 289 g/mol. The van der Waals surface area contributed by atoms with E-state index in [1.165, 1.54) is 0 Å². The molecule has 0 spiro atoms. The van der Waals surface area contributed by atoms with Gasteiger partial charge in [-0.05, 0) is 18.9 Å². The Bertz CT molecular complexity index is 560. The molecule has 1 saturated heterocycles. The molecule has 1 atom stereocenters. The van der Waals surface area contributed by atoms with Crippen LogP contribution in [0.15, 0.2) is 18.5 Å². The highest BCUT2D eigenvalue weighted by atomic mass is 19.4. The number of halogens is 3. The van der Waals surface area contributed by atoms with Crippen LogP contribution in [0.2, 0.25) is 0 Å². The minimum atomic E-state index is -4.68. The molecule has 1 N–H and O–H groups in total. The third-order valence-corrected chi connectivity index (χ3v) is 3.41. The first kappa shape index (κ1) is 15.3. The van der Waals surface area contributed by atoms with Crippen LogP contribution in [-0.4, -0.2) is 40.0 Å². The van der Waals surface area contributed by atoms with Crippen molar-refractivity contribution in [1.29, 1.82) is 0 Å². The maximum absolute atomic E-state index is 12.9. The fourth-order valence-electron chi connectivity index (χ4n) is 2.34. The van der Waals surface area contributed by atoms with Gasteiger partial charge in [-0.2, -0.15) is 13.2 Å². The number of amides is 1. The molecule has 5 nitrogen and oxygen atoms in total. The number of carbonyl (C=O) groups is 2. The molecule has 1 unspecified atom stereocenters. The average molecular weight is 302 g/mol. The zero-order valence-corrected chi connectivity index (χ0v) is 10.9. The van der Waals surface area contributed by atoms with Crippen LogP contribution in [0.4, 0.5) is 13.2 Å². The summed E-state index contributed by atoms with van der Waals surface area (Å²) in [6.45, 7) is 0.177. The van der Waals surface area contributed by atoms with Crippen molar-refractivity contribution in [2.24, 2.45) is 5.92 Å². The minimum Gasteiger partial charge on any atom is -0.481 e. The van der Waals surface area contributed by atoms with E-state index in [9.17, 15) is 22.8 Å². The second kappa shape index (κ2) is 5.71. The van der Waals surface area contributed by atoms with Gasteiger partial charge in [0.15, 0.2) is 0 Å². The maximum Gasteiger partial charge on any atom is 0.418 e. The molecule has 0 aromatic carbocycles. The molecule has 1 aliphatic heterocycles. The van der Waals surface area contributed by atoms with E-state index in [4.69, 9.17) is 5.11 Å². The van der Waals surface area contributed by atoms with E-state index in [1.54, 1.807) is 0 Å². The van der Waals surface area contributed by atoms with Crippen molar-refractivity contribution >= 4 is 11.9 Å². The van der Waals surface area contributed by atoms with Crippen LogP contribution in [0.1, 0.15) is 28.8 Å². The first-order valence-corrected chi connectivity index (χ1v) is 6.34. The lowest BCUT2D eigenvalue weighted by atomic mass is 9.97. The van der Waals surface area contributed by atoms with Crippen molar-refractivity contribution in [2.45, 2.75) is 19.0 Å². The molecular formula is C13H13F3N2O3. The van der Waals surface area contributed by atoms with Gasteiger partial charge in [-0.25, -0.2) is 0 Å². The predicted molar refractivity (Wildman–Crippen MR) is 65.5 cm³/mol. The summed E-state index contributed by atoms with van der Waals surface area (Å²) in [6, 6.07) is 1.01. The summed E-state index contributed by atoms with van der Waals surface area (Å²) in [7, 11) is 0. The van der Waals surface area contributed by atoms with Crippen LogP contribution >= 0.6 is 0 Å². The van der Waals surface area contributed by atoms with E-state index in [2.05, 4.69) is 4.98 Å². The minimum absolute atomic E-state index is 0.0756. The Morgan fingerprint density at radius 3 is 2.71 bits per heavy atom. The lowest BCUT2D eigenvalue weighted by Crippen LogP contribution is -2.42. The standard InChI is InChI=1S/C13H13F3N2O3/c14-13(15,16)10-6-17-4-3-9(10)11(19)18-5-1-2-8(7-18)12(20)21/h3-4,6,8H,1-2,5,7H2,(H,20,21). The predicted octanol–water partition coefficient (Wildman–Crippen LogP) is 2.04. The molecule has 1 aromatic heterocycles. The number of carbonyl (C=O) groups excluding carboxylic acids is 1. The Morgan fingerprint density at radius 1 is 1.38 bits per heavy atom. The molecule has 21 heavy (non-hydrogen) atoms. The van der Waals surface area contributed by atoms with E-state index in [0.29, 0.717) is 19.0 Å². The molecule has 2 rings (SSSR count). The first-order valence-electron chi connectivity index (χ1n) is 6.34. The highest BCUT2D eigenvalue weighted by Gasteiger charge is 2.37. The number of hydrogen-bond donors (Lipinski definition) is 1. The van der Waals surface area contributed by atoms with Crippen LogP contribution in [0, 0.1) is 5.92 Å². The largest absolute Gasteiger partial charge is 0.481 e. The van der Waals surface area contributed by atoms with Gasteiger partial charge >= 0.3 is 12.1 Å². The first-order chi connectivity index (χ1) is 9.80. The molecule has 1 aliphatic rings. The summed E-state index contributed by atoms with van der Waals surface area (Å²) < 4.78 is 38.6. The molecule has 0 saturated carbocycles. The van der Waals surface area contributed by atoms with Crippen molar-refractivity contribution in [3.8, 4) is 0 Å². The monoisotopic (exact) mass is 302 g/mol. The van der Waals surface area contributed by atoms with Gasteiger partial charge in [0.1, 0.15) is 0 Å². The number of pyridine rings is 1. The average Bonchev–Trinajstić information content (AvgIpc) is 2.45. The molecule has 2 heterocycles. The Kier molecular flexibility index (Phi) is 4.15. The molecule has 1 aromatic rings. The Morgan fingerprint density at radius 2 is 2.10 bits per heavy atom. The highest BCUT2D eigenvalue weighted by Crippen LogP contribution is 2.32. The fraction of sp³-hybridized carbons (Fsp3) is 0.462. The second-order valence-electron chi connectivity index (χ2n) is 4.85. The number of aliphatic carboxylic acids is 1. The highest BCUT2D eigenvalue weighted by molar-refractivity contribution is 5.96. The van der Waals surface area contributed by atoms with Gasteiger partial charge in [-0.1, -0.05) is 0 Å². The van der Waals surface area contributed by atoms with E-state index < -0.39 is 35.1 Å². The normalized spacial score (nSPS) is 19.4. The van der Waals surface area contributed by atoms with Crippen LogP contribution in [0.5, 0.6) is 0 Å². The number of carboxylic acid groups (broad SMARTS) is 1. The smallest absolute Gasteiger partial charge is 0.418 e. The van der Waals surface area contributed by atoms with Crippen LogP contribution < -0.4 is 0 Å². The van der Waals surface area contributed by atoms with E-state index in [-0.39, 0.29) is 13.1 Å². The molecule has 0 bridgehead atoms. The SMILES string of the molecule is O=C(O)C1CCCN(C(=O)c2ccncc2C(F)(F)F)C1. The third kappa shape index (κ3) is 3.32. The third-order valence-electron chi connectivity index (χ3n) is 3.41. The molecule has 8 heteroatoms. The van der Waals surface area contributed by atoms with Crippen LogP contribution in [0.3, 0.4) is 0 Å². The zero-order chi connectivity index (χ0) is 15.6. The van der Waals surface area contributed by atoms with Crippen LogP contribution in [-0.2, 0) is 11.0 Å². The lowest BCUT2D eigenvalue weighted by Gasteiger charge is -2.31. The van der Waals surface area contributed by atoms with Crippen molar-refractivity contribution in [3.63, 3.8) is 0 Å². The van der Waals surface area contributed by atoms with Crippen molar-refractivity contribution in [1.82, 2.24) is 9.88 Å². The summed E-state index contributed by atoms with van der Waals surface area (Å²) in [5.41, 5.74) is -1.60. The topological polar surface area (TPSA) is 70.5 Å². The molecule has 1 fully saturated rings. The number of piperidine rings is 1. The number of hydrogen-bond acceptors (Lipinski definition) is 3. The van der Waals surface area contributed by atoms with Gasteiger partial charge in [0.25, 0.3) is 5.91 Å². The fourth-order valence-corrected chi connectivity index (χ4v) is 2.34. The molecule has 1 amide bonds. The number of likely N-dealkylation sites (tertiary alicyclic amines) is 1. The van der Waals surface area contributed by atoms with Gasteiger partial charge < -0.3 is 10.0 Å². The van der Waals surface area contributed by atoms with Crippen LogP contribution in [0.25, 0.3) is 0 Å². The summed E-state index contributed by atoms with van der Waals surface area (Å²) >= 11 is 0. The summed E-state index contributed by atoms with van der Waals surface area (Å²) in [5, 5.41) is 8.96. The molecule has 0 aliphatic carbocycles. The molecule has 0 radical (unpaired) electrons. The summed E-state index contributed by atoms with van der Waals surface area (Å²) in [5.74, 6) is -2.59. The van der Waals surface area contributed by atoms with Gasteiger partial charge in [0, 0.05) is 25.5 Å². The van der Waals surface area contributed by atoms with Gasteiger partial charge in [-0.3, -0.25) is 14.6 Å². The lowest BCUT2D eigenvalue weighted by molar-refractivity contribution is -0.143. The summed E-state index contributed by atoms with van der Waals surface area (Å²) in [4.78, 5) is 27.8. The number of carboxylic acids is 1. The van der Waals surface area contributed by atoms with Gasteiger partial charge in [0.05, 0.1) is 17.0 Å². The number of aromatic nitrogens is 1. The van der Waals surface area contributed by atoms with Gasteiger partial charge in [0.2, 0.25) is 0 Å². The van der Waals surface area contributed by atoms with E-state index >= 15 is 0 Å². The zero-order valence-electron chi connectivity index (χ0n) is 10.9. The van der Waals surface area contributed by atoms with E-state index in [0.717, 1.165) is 17.2 Å². The number of rotatable bonds is 2. The maximum atomic E-state index is 12.9. The Balaban J connectivity index is 2.26. The quantitative estimate of drug-likeness (QED) is 0.907.